The van der Waals surface area contributed by atoms with Gasteiger partial charge in [0.05, 0.1) is 10.9 Å². The largest absolute Gasteiger partial charge is 0.509 e. The number of hydrogen-bond donors (Lipinski definition) is 0. The van der Waals surface area contributed by atoms with Crippen LogP contribution in [0.3, 0.4) is 0 Å². The second-order valence-electron chi connectivity index (χ2n) is 15.9. The van der Waals surface area contributed by atoms with Gasteiger partial charge in [0, 0.05) is 19.3 Å². The van der Waals surface area contributed by atoms with Crippen LogP contribution in [0.5, 0.6) is 5.75 Å². The molecule has 4 aliphatic rings. The van der Waals surface area contributed by atoms with Crippen molar-refractivity contribution in [1.82, 2.24) is 0 Å². The molecule has 7 rings (SSSR count). The molecule has 3 aromatic rings. The fourth-order valence-electron chi connectivity index (χ4n) is 8.02. The average Bonchev–Trinajstić information content (AvgIpc) is 2.98. The van der Waals surface area contributed by atoms with Crippen LogP contribution in [0, 0.1) is 5.92 Å². The Balaban J connectivity index is 1.16. The molecule has 2 atom stereocenters. The van der Waals surface area contributed by atoms with Crippen molar-refractivity contribution in [3.63, 3.8) is 0 Å². The molecule has 0 N–H and O–H groups in total. The van der Waals surface area contributed by atoms with Crippen LogP contribution in [-0.2, 0) is 39.4 Å². The molecule has 4 aliphatic carbocycles. The molecule has 266 valence electrons. The molecule has 4 fully saturated rings. The van der Waals surface area contributed by atoms with E-state index in [0.29, 0.717) is 25.0 Å². The zero-order valence-electron chi connectivity index (χ0n) is 29.7. The standard InChI is InChI=1S/C40H47O9S/c1-36(2,3)46-34(42)48-39-22-28-21-38(25-39,26-40(23-28,27-39)49-35(43)47-37(4,5)6)45-33(41)24-44-29-17-19-32(20-18-29)50(30-13-9-7-10-14-30)31-15-11-8-12-16-31/h7-20,28H,21-27H2,1-6H3/q+1. The molecule has 9 nitrogen and oxygen atoms in total. The lowest BCUT2D eigenvalue weighted by atomic mass is 9.50. The summed E-state index contributed by atoms with van der Waals surface area (Å²) in [6, 6.07) is 28.5. The summed E-state index contributed by atoms with van der Waals surface area (Å²) in [6.07, 6.45) is 0.889. The van der Waals surface area contributed by atoms with Gasteiger partial charge in [-0.05, 0) is 115 Å². The lowest BCUT2D eigenvalue weighted by Gasteiger charge is -2.63. The zero-order chi connectivity index (χ0) is 35.8. The SMILES string of the molecule is CC(C)(C)OC(=O)OC12CC3CC(OC(=O)COc4ccc([S+](c5ccccc5)c5ccccc5)cc4)(C1)CC(OC(=O)OC(C)(C)C)(C3)C2. The Bertz CT molecular complexity index is 1590. The summed E-state index contributed by atoms with van der Waals surface area (Å²) in [7, 11) is -0.309. The van der Waals surface area contributed by atoms with Crippen LogP contribution in [0.25, 0.3) is 0 Å². The first kappa shape index (κ1) is 35.6. The van der Waals surface area contributed by atoms with Gasteiger partial charge < -0.3 is 28.4 Å². The maximum Gasteiger partial charge on any atom is 0.509 e. The van der Waals surface area contributed by atoms with Gasteiger partial charge in [0.15, 0.2) is 21.3 Å². The van der Waals surface area contributed by atoms with Crippen molar-refractivity contribution in [1.29, 1.82) is 0 Å². The van der Waals surface area contributed by atoms with E-state index in [9.17, 15) is 14.4 Å². The third kappa shape index (κ3) is 8.57. The van der Waals surface area contributed by atoms with E-state index >= 15 is 0 Å². The number of carbonyl (C=O) groups excluding carboxylic acids is 3. The molecule has 0 aromatic heterocycles. The van der Waals surface area contributed by atoms with E-state index in [-0.39, 0.29) is 42.7 Å². The van der Waals surface area contributed by atoms with Gasteiger partial charge in [0.25, 0.3) is 0 Å². The quantitative estimate of drug-likeness (QED) is 0.123. The van der Waals surface area contributed by atoms with Crippen LogP contribution in [0.2, 0.25) is 0 Å². The molecule has 4 bridgehead atoms. The van der Waals surface area contributed by atoms with Gasteiger partial charge in [0.2, 0.25) is 0 Å². The Hall–Kier alpha value is -4.18. The van der Waals surface area contributed by atoms with Crippen LogP contribution in [-0.4, -0.2) is 52.9 Å². The minimum Gasteiger partial charge on any atom is -0.482 e. The van der Waals surface area contributed by atoms with Crippen LogP contribution in [0.15, 0.2) is 99.6 Å². The molecule has 50 heavy (non-hydrogen) atoms. The number of benzene rings is 3. The normalized spacial score (nSPS) is 25.5. The van der Waals surface area contributed by atoms with Crippen molar-refractivity contribution in [2.75, 3.05) is 6.61 Å². The van der Waals surface area contributed by atoms with Gasteiger partial charge in [-0.25, -0.2) is 14.4 Å². The number of carbonyl (C=O) groups is 3. The highest BCUT2D eigenvalue weighted by atomic mass is 32.2. The lowest BCUT2D eigenvalue weighted by Crippen LogP contribution is -2.69. The highest BCUT2D eigenvalue weighted by Gasteiger charge is 2.69. The van der Waals surface area contributed by atoms with Gasteiger partial charge in [0.1, 0.15) is 33.8 Å². The van der Waals surface area contributed by atoms with Gasteiger partial charge in [-0.3, -0.25) is 0 Å². The van der Waals surface area contributed by atoms with Crippen LogP contribution >= 0.6 is 0 Å². The molecule has 0 heterocycles. The fraction of sp³-hybridized carbons (Fsp3) is 0.475. The predicted octanol–water partition coefficient (Wildman–Crippen LogP) is 8.82. The molecule has 0 amide bonds. The number of rotatable bonds is 9. The van der Waals surface area contributed by atoms with E-state index in [1.165, 1.54) is 9.79 Å². The van der Waals surface area contributed by atoms with Crippen LogP contribution < -0.4 is 4.74 Å². The zero-order valence-corrected chi connectivity index (χ0v) is 30.5. The summed E-state index contributed by atoms with van der Waals surface area (Å²) >= 11 is 0. The third-order valence-electron chi connectivity index (χ3n) is 9.00. The summed E-state index contributed by atoms with van der Waals surface area (Å²) in [5.41, 5.74) is -4.60. The first-order valence-electron chi connectivity index (χ1n) is 17.2. The Morgan fingerprint density at radius 2 is 1.00 bits per heavy atom. The first-order chi connectivity index (χ1) is 23.5. The fourth-order valence-corrected chi connectivity index (χ4v) is 10.1. The highest BCUT2D eigenvalue weighted by molar-refractivity contribution is 7.97. The summed E-state index contributed by atoms with van der Waals surface area (Å²) < 4.78 is 35.3. The van der Waals surface area contributed by atoms with Crippen molar-refractivity contribution in [3.05, 3.63) is 84.9 Å². The van der Waals surface area contributed by atoms with Gasteiger partial charge in [-0.1, -0.05) is 36.4 Å². The molecule has 0 saturated heterocycles. The smallest absolute Gasteiger partial charge is 0.482 e. The first-order valence-corrected chi connectivity index (χ1v) is 18.4. The third-order valence-corrected chi connectivity index (χ3v) is 11.2. The summed E-state index contributed by atoms with van der Waals surface area (Å²) in [6.45, 7) is 10.3. The van der Waals surface area contributed by atoms with Crippen molar-refractivity contribution in [2.24, 2.45) is 5.92 Å². The molecule has 4 saturated carbocycles. The highest BCUT2D eigenvalue weighted by Crippen LogP contribution is 2.63. The number of hydrogen-bond acceptors (Lipinski definition) is 9. The maximum absolute atomic E-state index is 13.5. The molecule has 10 heteroatoms. The minimum absolute atomic E-state index is 0.0135. The van der Waals surface area contributed by atoms with Crippen molar-refractivity contribution < 1.29 is 42.8 Å². The van der Waals surface area contributed by atoms with Crippen molar-refractivity contribution in [2.45, 2.75) is 123 Å². The Kier molecular flexibility index (Phi) is 9.63. The molecular formula is C40H47O9S+. The monoisotopic (exact) mass is 703 g/mol. The molecular weight excluding hydrogens is 656 g/mol. The van der Waals surface area contributed by atoms with E-state index in [0.717, 1.165) is 4.90 Å². The summed E-state index contributed by atoms with van der Waals surface area (Å²) in [5.74, 6) is -0.0278. The van der Waals surface area contributed by atoms with E-state index < -0.39 is 46.3 Å². The maximum atomic E-state index is 13.5. The topological polar surface area (TPSA) is 107 Å². The molecule has 0 radical (unpaired) electrons. The van der Waals surface area contributed by atoms with Crippen molar-refractivity contribution >= 4 is 29.2 Å². The average molecular weight is 704 g/mol. The second kappa shape index (κ2) is 13.5. The van der Waals surface area contributed by atoms with Crippen LogP contribution in [0.1, 0.15) is 80.1 Å². The molecule has 3 aromatic carbocycles. The van der Waals surface area contributed by atoms with E-state index in [1.807, 2.05) is 60.7 Å². The van der Waals surface area contributed by atoms with E-state index in [4.69, 9.17) is 28.4 Å². The van der Waals surface area contributed by atoms with Gasteiger partial charge in [-0.2, -0.15) is 0 Å². The Morgan fingerprint density at radius 1 is 0.600 bits per heavy atom. The predicted molar refractivity (Wildman–Crippen MR) is 187 cm³/mol. The van der Waals surface area contributed by atoms with E-state index in [1.54, 1.807) is 41.5 Å². The van der Waals surface area contributed by atoms with E-state index in [2.05, 4.69) is 24.3 Å². The second-order valence-corrected chi connectivity index (χ2v) is 17.9. The van der Waals surface area contributed by atoms with Gasteiger partial charge >= 0.3 is 18.3 Å². The van der Waals surface area contributed by atoms with Crippen molar-refractivity contribution in [3.8, 4) is 5.75 Å². The summed E-state index contributed by atoms with van der Waals surface area (Å²) in [4.78, 5) is 42.9. The summed E-state index contributed by atoms with van der Waals surface area (Å²) in [5, 5.41) is 0. The molecule has 2 unspecified atom stereocenters. The molecule has 0 spiro atoms. The Morgan fingerprint density at radius 3 is 1.42 bits per heavy atom. The molecule has 0 aliphatic heterocycles. The van der Waals surface area contributed by atoms with Gasteiger partial charge in [-0.15, -0.1) is 0 Å². The number of esters is 1. The Labute approximate surface area is 297 Å². The lowest BCUT2D eigenvalue weighted by molar-refractivity contribution is -0.268. The number of ether oxygens (including phenoxy) is 6. The minimum atomic E-state index is -1.03. The van der Waals surface area contributed by atoms with Crippen LogP contribution in [0.4, 0.5) is 9.59 Å².